The van der Waals surface area contributed by atoms with Gasteiger partial charge in [-0.1, -0.05) is 19.9 Å². The van der Waals surface area contributed by atoms with Gasteiger partial charge in [-0.2, -0.15) is 0 Å². The molecule has 1 aromatic carbocycles. The minimum Gasteiger partial charge on any atom is -0.493 e. The Morgan fingerprint density at radius 3 is 2.64 bits per heavy atom. The molecule has 0 unspecified atom stereocenters. The summed E-state index contributed by atoms with van der Waals surface area (Å²) in [6, 6.07) is 7.07. The van der Waals surface area contributed by atoms with Gasteiger partial charge in [0.15, 0.2) is 6.10 Å². The molecule has 1 aliphatic carbocycles. The third-order valence-corrected chi connectivity index (χ3v) is 3.23. The number of rotatable bonds is 7. The molecule has 1 aliphatic rings. The van der Waals surface area contributed by atoms with Crippen molar-refractivity contribution in [2.75, 3.05) is 6.61 Å². The van der Waals surface area contributed by atoms with Gasteiger partial charge >= 0.3 is 5.97 Å². The highest BCUT2D eigenvalue weighted by atomic mass is 16.5. The molecule has 1 N–H and O–H groups in total. The molecule has 0 bridgehead atoms. The second-order valence-corrected chi connectivity index (χ2v) is 6.06. The van der Waals surface area contributed by atoms with E-state index in [1.807, 2.05) is 0 Å². The molecule has 0 heterocycles. The Bertz CT molecular complexity index is 537. The first kappa shape index (κ1) is 16.3. The zero-order valence-electron chi connectivity index (χ0n) is 13.3. The molecular weight excluding hydrogens is 282 g/mol. The zero-order chi connectivity index (χ0) is 16.1. The van der Waals surface area contributed by atoms with E-state index in [1.165, 1.54) is 0 Å². The van der Waals surface area contributed by atoms with Gasteiger partial charge in [0.2, 0.25) is 0 Å². The van der Waals surface area contributed by atoms with Crippen molar-refractivity contribution in [2.24, 2.45) is 5.92 Å². The monoisotopic (exact) mass is 305 g/mol. The average Bonchev–Trinajstić information content (AvgIpc) is 3.29. The summed E-state index contributed by atoms with van der Waals surface area (Å²) >= 11 is 0. The zero-order valence-corrected chi connectivity index (χ0v) is 13.3. The number of nitrogens with one attached hydrogen (secondary N) is 1. The first-order valence-electron chi connectivity index (χ1n) is 7.70. The van der Waals surface area contributed by atoms with Crippen molar-refractivity contribution in [3.8, 4) is 5.75 Å². The van der Waals surface area contributed by atoms with Crippen molar-refractivity contribution in [1.29, 1.82) is 0 Å². The molecule has 5 heteroatoms. The Kier molecular flexibility index (Phi) is 5.41. The Labute approximate surface area is 131 Å². The first-order valence-corrected chi connectivity index (χ1v) is 7.70. The molecule has 22 heavy (non-hydrogen) atoms. The smallest absolute Gasteiger partial charge is 0.339 e. The maximum absolute atomic E-state index is 12.1. The van der Waals surface area contributed by atoms with Crippen LogP contribution in [0.2, 0.25) is 0 Å². The summed E-state index contributed by atoms with van der Waals surface area (Å²) in [4.78, 5) is 23.9. The highest BCUT2D eigenvalue weighted by molar-refractivity contribution is 5.92. The second kappa shape index (κ2) is 7.29. The normalized spacial score (nSPS) is 15.3. The number of benzene rings is 1. The molecule has 120 valence electrons. The molecule has 0 saturated heterocycles. The van der Waals surface area contributed by atoms with Crippen LogP contribution in [-0.2, 0) is 9.53 Å². The third-order valence-electron chi connectivity index (χ3n) is 3.23. The van der Waals surface area contributed by atoms with Crippen molar-refractivity contribution >= 4 is 11.9 Å². The molecule has 2 rings (SSSR count). The van der Waals surface area contributed by atoms with Crippen LogP contribution >= 0.6 is 0 Å². The van der Waals surface area contributed by atoms with Gasteiger partial charge in [0, 0.05) is 6.04 Å². The maximum Gasteiger partial charge on any atom is 0.339 e. The van der Waals surface area contributed by atoms with Crippen LogP contribution in [-0.4, -0.2) is 30.6 Å². The lowest BCUT2D eigenvalue weighted by Gasteiger charge is -2.14. The van der Waals surface area contributed by atoms with Gasteiger partial charge in [-0.25, -0.2) is 4.79 Å². The number of amides is 1. The van der Waals surface area contributed by atoms with E-state index in [2.05, 4.69) is 19.2 Å². The van der Waals surface area contributed by atoms with Crippen molar-refractivity contribution in [3.05, 3.63) is 29.8 Å². The minimum atomic E-state index is -0.798. The first-order chi connectivity index (χ1) is 10.5. The van der Waals surface area contributed by atoms with Crippen molar-refractivity contribution in [1.82, 2.24) is 5.32 Å². The Morgan fingerprint density at radius 1 is 1.27 bits per heavy atom. The molecule has 0 aromatic heterocycles. The molecule has 0 radical (unpaired) electrons. The van der Waals surface area contributed by atoms with Gasteiger partial charge in [-0.05, 0) is 43.9 Å². The summed E-state index contributed by atoms with van der Waals surface area (Å²) in [7, 11) is 0. The fourth-order valence-corrected chi connectivity index (χ4v) is 1.80. The number of esters is 1. The molecule has 1 amide bonds. The number of hydrogen-bond donors (Lipinski definition) is 1. The van der Waals surface area contributed by atoms with Crippen LogP contribution < -0.4 is 10.1 Å². The van der Waals surface area contributed by atoms with E-state index in [1.54, 1.807) is 31.2 Å². The molecule has 0 aliphatic heterocycles. The summed E-state index contributed by atoms with van der Waals surface area (Å²) in [5, 5.41) is 2.81. The van der Waals surface area contributed by atoms with E-state index >= 15 is 0 Å². The van der Waals surface area contributed by atoms with Gasteiger partial charge in [0.25, 0.3) is 5.91 Å². The molecule has 1 aromatic rings. The van der Waals surface area contributed by atoms with Gasteiger partial charge in [-0.15, -0.1) is 0 Å². The molecular formula is C17H23NO4. The topological polar surface area (TPSA) is 64.6 Å². The molecule has 1 fully saturated rings. The lowest BCUT2D eigenvalue weighted by atomic mass is 10.2. The summed E-state index contributed by atoms with van der Waals surface area (Å²) in [5.41, 5.74) is 0.382. The molecule has 5 nitrogen and oxygen atoms in total. The van der Waals surface area contributed by atoms with Crippen LogP contribution in [0.15, 0.2) is 24.3 Å². The number of hydrogen-bond acceptors (Lipinski definition) is 4. The Morgan fingerprint density at radius 2 is 2.00 bits per heavy atom. The van der Waals surface area contributed by atoms with Crippen LogP contribution in [0.5, 0.6) is 5.75 Å². The van der Waals surface area contributed by atoms with Crippen molar-refractivity contribution in [2.45, 2.75) is 45.8 Å². The standard InChI is InChI=1S/C17H23NO4/c1-11(2)10-21-15-6-4-5-13(9-15)17(20)22-12(3)16(19)18-14-7-8-14/h4-6,9,11-12,14H,7-8,10H2,1-3H3,(H,18,19)/t12-/m0/s1. The minimum absolute atomic E-state index is 0.247. The van der Waals surface area contributed by atoms with E-state index in [0.717, 1.165) is 12.8 Å². The Hall–Kier alpha value is -2.04. The van der Waals surface area contributed by atoms with Crippen LogP contribution in [0.3, 0.4) is 0 Å². The van der Waals surface area contributed by atoms with Crippen molar-refractivity contribution < 1.29 is 19.1 Å². The lowest BCUT2D eigenvalue weighted by Crippen LogP contribution is -2.37. The fraction of sp³-hybridized carbons (Fsp3) is 0.529. The van der Waals surface area contributed by atoms with Gasteiger partial charge in [0.05, 0.1) is 12.2 Å². The van der Waals surface area contributed by atoms with Crippen LogP contribution in [0.25, 0.3) is 0 Å². The highest BCUT2D eigenvalue weighted by Crippen LogP contribution is 2.19. The summed E-state index contributed by atoms with van der Waals surface area (Å²) < 4.78 is 10.8. The fourth-order valence-electron chi connectivity index (χ4n) is 1.80. The summed E-state index contributed by atoms with van der Waals surface area (Å²) in [5.74, 6) is 0.261. The number of carbonyl (C=O) groups excluding carboxylic acids is 2. The van der Waals surface area contributed by atoms with E-state index in [0.29, 0.717) is 23.8 Å². The van der Waals surface area contributed by atoms with Crippen molar-refractivity contribution in [3.63, 3.8) is 0 Å². The van der Waals surface area contributed by atoms with Gasteiger partial charge in [0.1, 0.15) is 5.75 Å². The second-order valence-electron chi connectivity index (χ2n) is 6.06. The number of carbonyl (C=O) groups is 2. The largest absolute Gasteiger partial charge is 0.493 e. The van der Waals surface area contributed by atoms with Gasteiger partial charge in [-0.3, -0.25) is 4.79 Å². The van der Waals surface area contributed by atoms with Crippen LogP contribution in [0.1, 0.15) is 44.0 Å². The summed E-state index contributed by atoms with van der Waals surface area (Å²) in [6.07, 6.45) is 1.21. The molecule has 0 spiro atoms. The average molecular weight is 305 g/mol. The highest BCUT2D eigenvalue weighted by Gasteiger charge is 2.27. The van der Waals surface area contributed by atoms with E-state index in [-0.39, 0.29) is 11.9 Å². The lowest BCUT2D eigenvalue weighted by molar-refractivity contribution is -0.129. The predicted octanol–water partition coefficient (Wildman–Crippen LogP) is 2.55. The maximum atomic E-state index is 12.1. The van der Waals surface area contributed by atoms with E-state index in [4.69, 9.17) is 9.47 Å². The molecule has 1 saturated carbocycles. The van der Waals surface area contributed by atoms with E-state index < -0.39 is 12.1 Å². The van der Waals surface area contributed by atoms with E-state index in [9.17, 15) is 9.59 Å². The van der Waals surface area contributed by atoms with Crippen LogP contribution in [0.4, 0.5) is 0 Å². The van der Waals surface area contributed by atoms with Gasteiger partial charge < -0.3 is 14.8 Å². The Balaban J connectivity index is 1.90. The number of ether oxygens (including phenoxy) is 2. The molecule has 1 atom stereocenters. The summed E-state index contributed by atoms with van der Waals surface area (Å²) in [6.45, 7) is 6.27. The van der Waals surface area contributed by atoms with Crippen LogP contribution in [0, 0.1) is 5.92 Å². The SMILES string of the molecule is CC(C)COc1cccc(C(=O)O[C@@H](C)C(=O)NC2CC2)c1. The quantitative estimate of drug-likeness (QED) is 0.786. The third kappa shape index (κ3) is 5.06. The predicted molar refractivity (Wildman–Crippen MR) is 82.8 cm³/mol.